The van der Waals surface area contributed by atoms with Crippen LogP contribution in [0, 0.1) is 17.0 Å². The highest BCUT2D eigenvalue weighted by Crippen LogP contribution is 2.31. The van der Waals surface area contributed by atoms with Gasteiger partial charge in [-0.3, -0.25) is 10.1 Å². The Hall–Kier alpha value is -1.93. The quantitative estimate of drug-likeness (QED) is 0.492. The largest absolute Gasteiger partial charge is 0.371 e. The summed E-state index contributed by atoms with van der Waals surface area (Å²) in [7, 11) is -4.02. The third-order valence-corrected chi connectivity index (χ3v) is 4.84. The van der Waals surface area contributed by atoms with Crippen molar-refractivity contribution in [2.24, 2.45) is 0 Å². The van der Waals surface area contributed by atoms with Gasteiger partial charge in [0.25, 0.3) is 0 Å². The summed E-state index contributed by atoms with van der Waals surface area (Å²) in [5, 5.41) is 12.5. The molecule has 2 aromatic rings. The zero-order valence-corrected chi connectivity index (χ0v) is 11.4. The molecule has 8 heteroatoms. The first kappa shape index (κ1) is 13.5. The Morgan fingerprint density at radius 2 is 2.05 bits per heavy atom. The molecule has 6 nitrogen and oxygen atoms in total. The van der Waals surface area contributed by atoms with Crippen molar-refractivity contribution in [3.8, 4) is 5.75 Å². The van der Waals surface area contributed by atoms with Gasteiger partial charge >= 0.3 is 15.8 Å². The molecule has 0 unspecified atom stereocenters. The maximum atomic E-state index is 11.9. The first-order valence-corrected chi connectivity index (χ1v) is 7.42. The lowest BCUT2D eigenvalue weighted by atomic mass is 10.2. The SMILES string of the molecule is Cc1ccc(OS(=O)(=O)c2cccs2)c([N+](=O)[O-])c1. The van der Waals surface area contributed by atoms with Crippen LogP contribution in [0.4, 0.5) is 5.69 Å². The molecule has 0 saturated carbocycles. The summed E-state index contributed by atoms with van der Waals surface area (Å²) in [5.74, 6) is -0.288. The fourth-order valence-electron chi connectivity index (χ4n) is 1.41. The van der Waals surface area contributed by atoms with E-state index in [1.54, 1.807) is 24.4 Å². The van der Waals surface area contributed by atoms with Gasteiger partial charge < -0.3 is 4.18 Å². The molecule has 0 spiro atoms. The highest BCUT2D eigenvalue weighted by Gasteiger charge is 2.23. The van der Waals surface area contributed by atoms with E-state index in [4.69, 9.17) is 4.18 Å². The molecular formula is C11H9NO5S2. The minimum absolute atomic E-state index is 0.00220. The van der Waals surface area contributed by atoms with Crippen LogP contribution in [0.15, 0.2) is 39.9 Å². The Bertz CT molecular complexity index is 707. The van der Waals surface area contributed by atoms with Crippen LogP contribution in [0.5, 0.6) is 5.75 Å². The normalized spacial score (nSPS) is 11.2. The molecule has 1 aromatic carbocycles. The third-order valence-electron chi connectivity index (χ3n) is 2.25. The number of rotatable bonds is 4. The van der Waals surface area contributed by atoms with Crippen molar-refractivity contribution in [2.45, 2.75) is 11.1 Å². The van der Waals surface area contributed by atoms with Gasteiger partial charge in [0, 0.05) is 6.07 Å². The molecule has 2 rings (SSSR count). The number of thiophene rings is 1. The van der Waals surface area contributed by atoms with Gasteiger partial charge in [0.2, 0.25) is 5.75 Å². The zero-order chi connectivity index (χ0) is 14.0. The van der Waals surface area contributed by atoms with E-state index in [2.05, 4.69) is 0 Å². The average molecular weight is 299 g/mol. The monoisotopic (exact) mass is 299 g/mol. The molecule has 19 heavy (non-hydrogen) atoms. The predicted octanol–water partition coefficient (Wildman–Crippen LogP) is 2.73. The summed E-state index contributed by atoms with van der Waals surface area (Å²) >= 11 is 0.984. The van der Waals surface area contributed by atoms with Gasteiger partial charge in [-0.2, -0.15) is 8.42 Å². The van der Waals surface area contributed by atoms with Crippen molar-refractivity contribution in [1.29, 1.82) is 0 Å². The van der Waals surface area contributed by atoms with Gasteiger partial charge in [-0.25, -0.2) is 0 Å². The fraction of sp³-hybridized carbons (Fsp3) is 0.0909. The Morgan fingerprint density at radius 3 is 2.63 bits per heavy atom. The molecule has 100 valence electrons. The van der Waals surface area contributed by atoms with Crippen LogP contribution in [0.25, 0.3) is 0 Å². The maximum absolute atomic E-state index is 11.9. The van der Waals surface area contributed by atoms with Crippen molar-refractivity contribution < 1.29 is 17.5 Å². The smallest absolute Gasteiger partial charge is 0.349 e. The topological polar surface area (TPSA) is 86.5 Å². The van der Waals surface area contributed by atoms with Crippen molar-refractivity contribution in [3.05, 3.63) is 51.4 Å². The van der Waals surface area contributed by atoms with Crippen LogP contribution in [0.2, 0.25) is 0 Å². The molecule has 0 aliphatic heterocycles. The van der Waals surface area contributed by atoms with E-state index in [1.165, 1.54) is 18.2 Å². The van der Waals surface area contributed by atoms with Gasteiger partial charge in [0.15, 0.2) is 4.21 Å². The lowest BCUT2D eigenvalue weighted by molar-refractivity contribution is -0.385. The number of hydrogen-bond acceptors (Lipinski definition) is 6. The second kappa shape index (κ2) is 4.98. The van der Waals surface area contributed by atoms with Crippen LogP contribution in [0.3, 0.4) is 0 Å². The highest BCUT2D eigenvalue weighted by molar-refractivity contribution is 7.89. The van der Waals surface area contributed by atoms with E-state index in [-0.39, 0.29) is 15.6 Å². The molecule has 1 heterocycles. The first-order valence-electron chi connectivity index (χ1n) is 5.13. The molecule has 0 amide bonds. The summed E-state index contributed by atoms with van der Waals surface area (Å²) in [6.45, 7) is 1.67. The average Bonchev–Trinajstić information content (AvgIpc) is 2.85. The molecule has 0 fully saturated rings. The second-order valence-electron chi connectivity index (χ2n) is 3.70. The molecule has 0 bridgehead atoms. The Labute approximate surface area is 113 Å². The lowest BCUT2D eigenvalue weighted by Crippen LogP contribution is -2.09. The van der Waals surface area contributed by atoms with Gasteiger partial charge in [-0.1, -0.05) is 12.1 Å². The minimum Gasteiger partial charge on any atom is -0.371 e. The molecule has 0 aliphatic carbocycles. The number of nitro benzene ring substituents is 1. The Kier molecular flexibility index (Phi) is 3.54. The van der Waals surface area contributed by atoms with E-state index in [0.717, 1.165) is 11.3 Å². The van der Waals surface area contributed by atoms with Crippen LogP contribution < -0.4 is 4.18 Å². The van der Waals surface area contributed by atoms with Crippen LogP contribution in [0.1, 0.15) is 5.56 Å². The number of nitrogens with zero attached hydrogens (tertiary/aromatic N) is 1. The first-order chi connectivity index (χ1) is 8.90. The van der Waals surface area contributed by atoms with Crippen LogP contribution in [-0.2, 0) is 10.1 Å². The van der Waals surface area contributed by atoms with Gasteiger partial charge in [-0.05, 0) is 30.0 Å². The van der Waals surface area contributed by atoms with Crippen LogP contribution >= 0.6 is 11.3 Å². The molecule has 0 atom stereocenters. The van der Waals surface area contributed by atoms with E-state index in [1.807, 2.05) is 0 Å². The molecule has 1 aromatic heterocycles. The Morgan fingerprint density at radius 1 is 1.32 bits per heavy atom. The predicted molar refractivity (Wildman–Crippen MR) is 70.0 cm³/mol. The third kappa shape index (κ3) is 2.91. The highest BCUT2D eigenvalue weighted by atomic mass is 32.3. The van der Waals surface area contributed by atoms with Crippen molar-refractivity contribution >= 4 is 27.1 Å². The van der Waals surface area contributed by atoms with Crippen LogP contribution in [-0.4, -0.2) is 13.3 Å². The van der Waals surface area contributed by atoms with Crippen molar-refractivity contribution in [1.82, 2.24) is 0 Å². The van der Waals surface area contributed by atoms with E-state index >= 15 is 0 Å². The van der Waals surface area contributed by atoms with Crippen molar-refractivity contribution in [2.75, 3.05) is 0 Å². The summed E-state index contributed by atoms with van der Waals surface area (Å²) in [6, 6.07) is 7.02. The maximum Gasteiger partial charge on any atom is 0.349 e. The molecular weight excluding hydrogens is 290 g/mol. The minimum atomic E-state index is -4.02. The lowest BCUT2D eigenvalue weighted by Gasteiger charge is -2.06. The van der Waals surface area contributed by atoms with E-state index < -0.39 is 15.0 Å². The van der Waals surface area contributed by atoms with Gasteiger partial charge in [0.05, 0.1) is 4.92 Å². The summed E-state index contributed by atoms with van der Waals surface area (Å²) in [6.07, 6.45) is 0. The summed E-state index contributed by atoms with van der Waals surface area (Å²) < 4.78 is 28.6. The number of nitro groups is 1. The zero-order valence-electron chi connectivity index (χ0n) is 9.77. The summed E-state index contributed by atoms with van der Waals surface area (Å²) in [4.78, 5) is 10.2. The number of hydrogen-bond donors (Lipinski definition) is 0. The Balaban J connectivity index is 2.42. The fourth-order valence-corrected chi connectivity index (χ4v) is 3.30. The van der Waals surface area contributed by atoms with Gasteiger partial charge in [-0.15, -0.1) is 11.3 Å². The number of aryl methyl sites for hydroxylation is 1. The molecule has 0 radical (unpaired) electrons. The molecule has 0 aliphatic rings. The molecule has 0 saturated heterocycles. The van der Waals surface area contributed by atoms with Gasteiger partial charge in [0.1, 0.15) is 0 Å². The number of benzene rings is 1. The summed E-state index contributed by atoms with van der Waals surface area (Å²) in [5.41, 5.74) is 0.271. The molecule has 0 N–H and O–H groups in total. The van der Waals surface area contributed by atoms with Crippen molar-refractivity contribution in [3.63, 3.8) is 0 Å². The van der Waals surface area contributed by atoms with E-state index in [9.17, 15) is 18.5 Å². The second-order valence-corrected chi connectivity index (χ2v) is 6.42. The van der Waals surface area contributed by atoms with E-state index in [0.29, 0.717) is 5.56 Å². The standard InChI is InChI=1S/C11H9NO5S2/c1-8-4-5-10(9(7-8)12(13)14)17-19(15,16)11-3-2-6-18-11/h2-7H,1H3.